The van der Waals surface area contributed by atoms with Gasteiger partial charge in [0.1, 0.15) is 0 Å². The lowest BCUT2D eigenvalue weighted by Crippen LogP contribution is -2.41. The van der Waals surface area contributed by atoms with Gasteiger partial charge in [-0.1, -0.05) is 13.8 Å². The number of hydrogen-bond donors (Lipinski definition) is 3. The van der Waals surface area contributed by atoms with E-state index >= 15 is 0 Å². The monoisotopic (exact) mass is 364 g/mol. The van der Waals surface area contributed by atoms with Gasteiger partial charge in [0.2, 0.25) is 10.0 Å². The van der Waals surface area contributed by atoms with Gasteiger partial charge in [0.25, 0.3) is 0 Å². The molecule has 1 atom stereocenters. The average Bonchev–Trinajstić information content (AvgIpc) is 2.29. The van der Waals surface area contributed by atoms with Crippen LogP contribution < -0.4 is 10.5 Å². The summed E-state index contributed by atoms with van der Waals surface area (Å²) in [5, 5.41) is 10.1. The summed E-state index contributed by atoms with van der Waals surface area (Å²) in [5.74, 6) is 0.276. The van der Waals surface area contributed by atoms with E-state index in [-0.39, 0.29) is 17.4 Å². The van der Waals surface area contributed by atoms with Gasteiger partial charge in [0.15, 0.2) is 0 Å². The molecule has 0 aliphatic carbocycles. The van der Waals surface area contributed by atoms with Crippen molar-refractivity contribution < 1.29 is 13.5 Å². The minimum absolute atomic E-state index is 0.0382. The molecule has 0 spiro atoms. The van der Waals surface area contributed by atoms with Crippen LogP contribution in [-0.2, 0) is 10.0 Å². The summed E-state index contributed by atoms with van der Waals surface area (Å²) in [6.45, 7) is 5.52. The molecule has 114 valence electrons. The van der Waals surface area contributed by atoms with Gasteiger partial charge in [0, 0.05) is 16.7 Å². The van der Waals surface area contributed by atoms with Crippen LogP contribution in [0.3, 0.4) is 0 Å². The number of aliphatic hydroxyl groups is 1. The highest BCUT2D eigenvalue weighted by Crippen LogP contribution is 2.23. The molecule has 0 amide bonds. The molecular weight excluding hydrogens is 344 g/mol. The fourth-order valence-electron chi connectivity index (χ4n) is 1.97. The molecule has 0 bridgehead atoms. The Morgan fingerprint density at radius 3 is 2.55 bits per heavy atom. The molecule has 0 fully saturated rings. The predicted molar refractivity (Wildman–Crippen MR) is 83.8 cm³/mol. The van der Waals surface area contributed by atoms with Gasteiger partial charge in [-0.15, -0.1) is 0 Å². The highest BCUT2D eigenvalue weighted by Gasteiger charge is 2.25. The van der Waals surface area contributed by atoms with Gasteiger partial charge in [-0.2, -0.15) is 0 Å². The Morgan fingerprint density at radius 2 is 2.05 bits per heavy atom. The minimum Gasteiger partial charge on any atom is -0.398 e. The van der Waals surface area contributed by atoms with Crippen LogP contribution >= 0.6 is 15.9 Å². The largest absolute Gasteiger partial charge is 0.398 e. The Balaban J connectivity index is 2.82. The maximum atomic E-state index is 12.1. The number of hydrogen-bond acceptors (Lipinski definition) is 4. The number of rotatable bonds is 6. The molecule has 0 saturated carbocycles. The first-order chi connectivity index (χ1) is 9.03. The fraction of sp³-hybridized carbons (Fsp3) is 0.538. The van der Waals surface area contributed by atoms with E-state index in [9.17, 15) is 13.5 Å². The van der Waals surface area contributed by atoms with Gasteiger partial charge < -0.3 is 10.8 Å². The Bertz CT molecular complexity index is 571. The second-order valence-corrected chi connectivity index (χ2v) is 8.22. The maximum Gasteiger partial charge on any atom is 0.240 e. The third kappa shape index (κ3) is 5.05. The van der Waals surface area contributed by atoms with Crippen molar-refractivity contribution in [3.05, 3.63) is 22.7 Å². The zero-order valence-corrected chi connectivity index (χ0v) is 14.3. The predicted octanol–water partition coefficient (Wildman–Crippen LogP) is 2.11. The number of nitrogens with two attached hydrogens (primary N) is 1. The van der Waals surface area contributed by atoms with Crippen LogP contribution in [0.2, 0.25) is 0 Å². The van der Waals surface area contributed by atoms with Crippen molar-refractivity contribution in [3.63, 3.8) is 0 Å². The fourth-order valence-corrected chi connectivity index (χ4v) is 3.42. The number of benzene rings is 1. The van der Waals surface area contributed by atoms with Crippen LogP contribution in [0.1, 0.15) is 27.2 Å². The maximum absolute atomic E-state index is 12.1. The van der Waals surface area contributed by atoms with Crippen LogP contribution in [0.5, 0.6) is 0 Å². The second kappa shape index (κ2) is 6.43. The van der Waals surface area contributed by atoms with E-state index in [1.807, 2.05) is 13.8 Å². The van der Waals surface area contributed by atoms with Crippen LogP contribution in [-0.4, -0.2) is 25.7 Å². The van der Waals surface area contributed by atoms with Crippen molar-refractivity contribution in [1.29, 1.82) is 0 Å². The van der Waals surface area contributed by atoms with Crippen molar-refractivity contribution in [3.8, 4) is 0 Å². The quantitative estimate of drug-likeness (QED) is 0.674. The van der Waals surface area contributed by atoms with Gasteiger partial charge in [-0.25, -0.2) is 13.1 Å². The van der Waals surface area contributed by atoms with Gasteiger partial charge in [0.05, 0.1) is 10.5 Å². The first kappa shape index (κ1) is 17.4. The summed E-state index contributed by atoms with van der Waals surface area (Å²) in [6, 6.07) is 4.42. The molecule has 4 N–H and O–H groups in total. The molecule has 1 aromatic rings. The lowest BCUT2D eigenvalue weighted by Gasteiger charge is -2.25. The third-order valence-corrected chi connectivity index (χ3v) is 4.89. The smallest absolute Gasteiger partial charge is 0.240 e. The molecule has 0 aliphatic heterocycles. The molecule has 0 saturated heterocycles. The zero-order valence-electron chi connectivity index (χ0n) is 11.9. The van der Waals surface area contributed by atoms with E-state index in [4.69, 9.17) is 5.73 Å². The number of anilines is 1. The van der Waals surface area contributed by atoms with Crippen LogP contribution in [0.4, 0.5) is 5.69 Å². The zero-order chi connectivity index (χ0) is 15.6. The van der Waals surface area contributed by atoms with Gasteiger partial charge in [-0.05, 0) is 53.4 Å². The first-order valence-corrected chi connectivity index (χ1v) is 8.58. The summed E-state index contributed by atoms with van der Waals surface area (Å²) < 4.78 is 27.3. The lowest BCUT2D eigenvalue weighted by molar-refractivity contribution is 0.0437. The third-order valence-electron chi connectivity index (χ3n) is 2.77. The minimum atomic E-state index is -3.68. The Labute approximate surface area is 128 Å². The summed E-state index contributed by atoms with van der Waals surface area (Å²) in [6.07, 6.45) is 0.512. The van der Waals surface area contributed by atoms with Crippen molar-refractivity contribution in [2.45, 2.75) is 37.7 Å². The molecule has 1 aromatic carbocycles. The summed E-state index contributed by atoms with van der Waals surface area (Å²) >= 11 is 3.21. The lowest BCUT2D eigenvalue weighted by atomic mass is 9.95. The summed E-state index contributed by atoms with van der Waals surface area (Å²) in [5.41, 5.74) is 4.94. The molecule has 1 rings (SSSR count). The second-order valence-electron chi connectivity index (χ2n) is 5.60. The molecule has 5 nitrogen and oxygen atoms in total. The molecule has 0 aromatic heterocycles. The van der Waals surface area contributed by atoms with E-state index in [0.717, 1.165) is 0 Å². The molecule has 1 unspecified atom stereocenters. The SMILES string of the molecule is CC(C)CC(C)(O)CNS(=O)(=O)c1ccc(Br)c(N)c1. The van der Waals surface area contributed by atoms with E-state index < -0.39 is 15.6 Å². The van der Waals surface area contributed by atoms with Crippen LogP contribution in [0.15, 0.2) is 27.6 Å². The topological polar surface area (TPSA) is 92.4 Å². The Kier molecular flexibility index (Phi) is 5.60. The van der Waals surface area contributed by atoms with Crippen LogP contribution in [0, 0.1) is 5.92 Å². The van der Waals surface area contributed by atoms with Gasteiger partial charge >= 0.3 is 0 Å². The molecule has 0 radical (unpaired) electrons. The van der Waals surface area contributed by atoms with Crippen molar-refractivity contribution >= 4 is 31.6 Å². The van der Waals surface area contributed by atoms with Crippen molar-refractivity contribution in [1.82, 2.24) is 4.72 Å². The highest BCUT2D eigenvalue weighted by molar-refractivity contribution is 9.10. The first-order valence-electron chi connectivity index (χ1n) is 6.30. The van der Waals surface area contributed by atoms with E-state index in [0.29, 0.717) is 16.6 Å². The van der Waals surface area contributed by atoms with Crippen molar-refractivity contribution in [2.75, 3.05) is 12.3 Å². The van der Waals surface area contributed by atoms with E-state index in [2.05, 4.69) is 20.7 Å². The summed E-state index contributed by atoms with van der Waals surface area (Å²) in [4.78, 5) is 0.0820. The molecule has 0 heterocycles. The molecule has 20 heavy (non-hydrogen) atoms. The normalized spacial score (nSPS) is 15.3. The van der Waals surface area contributed by atoms with E-state index in [1.165, 1.54) is 12.1 Å². The number of nitrogen functional groups attached to an aromatic ring is 1. The molecular formula is C13H21BrN2O3S. The van der Waals surface area contributed by atoms with Crippen molar-refractivity contribution in [2.24, 2.45) is 5.92 Å². The molecule has 0 aliphatic rings. The number of nitrogens with one attached hydrogen (secondary N) is 1. The number of sulfonamides is 1. The molecule has 7 heteroatoms. The van der Waals surface area contributed by atoms with Crippen LogP contribution in [0.25, 0.3) is 0 Å². The standard InChI is InChI=1S/C13H21BrN2O3S/c1-9(2)7-13(3,17)8-16-20(18,19)10-4-5-11(14)12(15)6-10/h4-6,9,16-17H,7-8,15H2,1-3H3. The highest BCUT2D eigenvalue weighted by atomic mass is 79.9. The average molecular weight is 365 g/mol. The van der Waals surface area contributed by atoms with E-state index in [1.54, 1.807) is 13.0 Å². The summed E-state index contributed by atoms with van der Waals surface area (Å²) in [7, 11) is -3.68. The Hall–Kier alpha value is -0.630. The number of halogens is 1. The van der Waals surface area contributed by atoms with Gasteiger partial charge in [-0.3, -0.25) is 0 Å². The Morgan fingerprint density at radius 1 is 1.45 bits per heavy atom.